The molecule has 2 aromatic rings. The number of hydrogen-bond donors (Lipinski definition) is 0. The van der Waals surface area contributed by atoms with Crippen LogP contribution in [-0.4, -0.2) is 39.5 Å². The summed E-state index contributed by atoms with van der Waals surface area (Å²) in [5.41, 5.74) is 2.27. The summed E-state index contributed by atoms with van der Waals surface area (Å²) in [6.07, 6.45) is 5.65. The van der Waals surface area contributed by atoms with E-state index in [9.17, 15) is 9.59 Å². The van der Waals surface area contributed by atoms with Crippen molar-refractivity contribution in [2.45, 2.75) is 58.4 Å². The Morgan fingerprint density at radius 3 is 2.61 bits per heavy atom. The fourth-order valence-electron chi connectivity index (χ4n) is 3.72. The molecule has 0 bridgehead atoms. The fourth-order valence-corrected chi connectivity index (χ4v) is 3.85. The van der Waals surface area contributed by atoms with Gasteiger partial charge in [-0.05, 0) is 31.0 Å². The molecular formula is C22H28ClN3O2. The Morgan fingerprint density at radius 1 is 1.18 bits per heavy atom. The molecule has 1 aromatic heterocycles. The Balaban J connectivity index is 1.89. The average molecular weight is 402 g/mol. The number of ketones is 1. The maximum absolute atomic E-state index is 13.0. The summed E-state index contributed by atoms with van der Waals surface area (Å²) < 4.78 is 1.88. The summed E-state index contributed by atoms with van der Waals surface area (Å²) in [5, 5.41) is 5.42. The summed E-state index contributed by atoms with van der Waals surface area (Å²) in [6.45, 7) is 4.90. The van der Waals surface area contributed by atoms with Gasteiger partial charge in [-0.3, -0.25) is 14.3 Å². The van der Waals surface area contributed by atoms with Gasteiger partial charge in [-0.1, -0.05) is 56.8 Å². The van der Waals surface area contributed by atoms with Gasteiger partial charge in [-0.25, -0.2) is 0 Å². The number of aromatic nitrogens is 2. The second-order valence-electron chi connectivity index (χ2n) is 7.49. The molecule has 0 saturated heterocycles. The van der Waals surface area contributed by atoms with Gasteiger partial charge in [0.05, 0.1) is 18.3 Å². The van der Waals surface area contributed by atoms with E-state index in [4.69, 9.17) is 16.7 Å². The van der Waals surface area contributed by atoms with E-state index in [0.717, 1.165) is 43.4 Å². The maximum Gasteiger partial charge on any atom is 0.272 e. The molecule has 1 aromatic carbocycles. The molecule has 3 rings (SSSR count). The van der Waals surface area contributed by atoms with Crippen molar-refractivity contribution in [3.8, 4) is 11.3 Å². The van der Waals surface area contributed by atoms with E-state index in [0.29, 0.717) is 23.7 Å². The van der Waals surface area contributed by atoms with Crippen LogP contribution in [0.3, 0.4) is 0 Å². The van der Waals surface area contributed by atoms with Crippen LogP contribution in [0.4, 0.5) is 0 Å². The molecule has 1 aliphatic rings. The number of benzene rings is 1. The zero-order valence-electron chi connectivity index (χ0n) is 16.7. The normalized spacial score (nSPS) is 16.3. The highest BCUT2D eigenvalue weighted by molar-refractivity contribution is 6.30. The van der Waals surface area contributed by atoms with Crippen LogP contribution in [0.15, 0.2) is 30.3 Å². The number of amides is 1. The molecule has 1 aliphatic heterocycles. The predicted octanol–water partition coefficient (Wildman–Crippen LogP) is 5.15. The van der Waals surface area contributed by atoms with Crippen LogP contribution >= 0.6 is 11.6 Å². The van der Waals surface area contributed by atoms with Crippen molar-refractivity contribution in [1.29, 1.82) is 0 Å². The lowest BCUT2D eigenvalue weighted by atomic mass is 10.0. The molecule has 1 atom stereocenters. The third kappa shape index (κ3) is 4.64. The van der Waals surface area contributed by atoms with Gasteiger partial charge in [0.25, 0.3) is 5.91 Å². The molecule has 1 unspecified atom stereocenters. The Labute approximate surface area is 171 Å². The quantitative estimate of drug-likeness (QED) is 0.546. The van der Waals surface area contributed by atoms with Gasteiger partial charge in [0.15, 0.2) is 5.78 Å². The van der Waals surface area contributed by atoms with Gasteiger partial charge >= 0.3 is 0 Å². The highest BCUT2D eigenvalue weighted by Gasteiger charge is 2.33. The zero-order valence-corrected chi connectivity index (χ0v) is 17.4. The average Bonchev–Trinajstić information content (AvgIpc) is 3.12. The van der Waals surface area contributed by atoms with E-state index < -0.39 is 0 Å². The number of carbonyl (C=O) groups excluding carboxylic acids is 2. The van der Waals surface area contributed by atoms with Gasteiger partial charge < -0.3 is 4.90 Å². The summed E-state index contributed by atoms with van der Waals surface area (Å²) >= 11 is 5.99. The first kappa shape index (κ1) is 20.6. The van der Waals surface area contributed by atoms with E-state index in [-0.39, 0.29) is 24.3 Å². The Kier molecular flexibility index (Phi) is 6.89. The van der Waals surface area contributed by atoms with Gasteiger partial charge in [-0.15, -0.1) is 0 Å². The zero-order chi connectivity index (χ0) is 20.1. The molecule has 0 radical (unpaired) electrons. The summed E-state index contributed by atoms with van der Waals surface area (Å²) in [6, 6.07) is 9.42. The molecule has 0 N–H and O–H groups in total. The molecule has 0 spiro atoms. The third-order valence-electron chi connectivity index (χ3n) is 5.20. The Morgan fingerprint density at radius 2 is 1.93 bits per heavy atom. The molecule has 28 heavy (non-hydrogen) atoms. The van der Waals surface area contributed by atoms with E-state index in [1.54, 1.807) is 4.90 Å². The van der Waals surface area contributed by atoms with Gasteiger partial charge in [0, 0.05) is 23.6 Å². The molecule has 0 saturated carbocycles. The van der Waals surface area contributed by atoms with E-state index in [2.05, 4.69) is 6.92 Å². The molecule has 6 heteroatoms. The third-order valence-corrected chi connectivity index (χ3v) is 5.45. The number of halogens is 1. The van der Waals surface area contributed by atoms with Gasteiger partial charge in [0.2, 0.25) is 0 Å². The first-order valence-electron chi connectivity index (χ1n) is 10.2. The number of unbranched alkanes of at least 4 members (excludes halogenated alkanes) is 2. The van der Waals surface area contributed by atoms with E-state index in [1.165, 1.54) is 0 Å². The Hall–Kier alpha value is -2.14. The van der Waals surface area contributed by atoms with Crippen LogP contribution < -0.4 is 0 Å². The first-order valence-corrected chi connectivity index (χ1v) is 10.6. The van der Waals surface area contributed by atoms with Crippen molar-refractivity contribution in [3.05, 3.63) is 41.0 Å². The van der Waals surface area contributed by atoms with E-state index >= 15 is 0 Å². The number of rotatable bonds is 9. The number of fused-ring (bicyclic) bond motifs is 1. The van der Waals surface area contributed by atoms with Crippen molar-refractivity contribution >= 4 is 23.3 Å². The SMILES string of the molecule is CCCCCC1CN(CC(=O)CCC)C(=O)c2cc(-c3ccc(Cl)cc3)nn21. The molecule has 5 nitrogen and oxygen atoms in total. The van der Waals surface area contributed by atoms with Crippen LogP contribution in [0.5, 0.6) is 0 Å². The molecule has 1 amide bonds. The summed E-state index contributed by atoms with van der Waals surface area (Å²) in [5.74, 6) is 0.0120. The number of nitrogens with zero attached hydrogens (tertiary/aromatic N) is 3. The first-order chi connectivity index (χ1) is 13.5. The van der Waals surface area contributed by atoms with Crippen LogP contribution in [0.2, 0.25) is 5.02 Å². The molecule has 0 aliphatic carbocycles. The smallest absolute Gasteiger partial charge is 0.272 e. The molecule has 150 valence electrons. The van der Waals surface area contributed by atoms with Crippen LogP contribution in [-0.2, 0) is 4.79 Å². The maximum atomic E-state index is 13.0. The lowest BCUT2D eigenvalue weighted by Crippen LogP contribution is -2.45. The van der Waals surface area contributed by atoms with Gasteiger partial charge in [0.1, 0.15) is 5.69 Å². The summed E-state index contributed by atoms with van der Waals surface area (Å²) in [7, 11) is 0. The highest BCUT2D eigenvalue weighted by atomic mass is 35.5. The predicted molar refractivity (Wildman–Crippen MR) is 112 cm³/mol. The van der Waals surface area contributed by atoms with Crippen molar-refractivity contribution in [3.63, 3.8) is 0 Å². The standard InChI is InChI=1S/C22H28ClN3O2/c1-3-5-6-8-18-14-25(15-19(27)7-4-2)22(28)21-13-20(24-26(18)21)16-9-11-17(23)12-10-16/h9-13,18H,3-8,14-15H2,1-2H3. The minimum atomic E-state index is -0.107. The van der Waals surface area contributed by atoms with Crippen molar-refractivity contribution in [2.75, 3.05) is 13.1 Å². The van der Waals surface area contributed by atoms with Crippen LogP contribution in [0, 0.1) is 0 Å². The van der Waals surface area contributed by atoms with Crippen molar-refractivity contribution < 1.29 is 9.59 Å². The number of Topliss-reactive ketones (excluding diaryl/α,β-unsaturated/α-hetero) is 1. The fraction of sp³-hybridized carbons (Fsp3) is 0.500. The lowest BCUT2D eigenvalue weighted by molar-refractivity contribution is -0.120. The molecular weight excluding hydrogens is 374 g/mol. The van der Waals surface area contributed by atoms with Crippen LogP contribution in [0.25, 0.3) is 11.3 Å². The van der Waals surface area contributed by atoms with Crippen molar-refractivity contribution in [1.82, 2.24) is 14.7 Å². The number of hydrogen-bond acceptors (Lipinski definition) is 3. The van der Waals surface area contributed by atoms with E-state index in [1.807, 2.05) is 41.9 Å². The largest absolute Gasteiger partial charge is 0.328 e. The second-order valence-corrected chi connectivity index (χ2v) is 7.93. The molecule has 2 heterocycles. The monoisotopic (exact) mass is 401 g/mol. The molecule has 0 fully saturated rings. The van der Waals surface area contributed by atoms with Crippen molar-refractivity contribution in [2.24, 2.45) is 0 Å². The van der Waals surface area contributed by atoms with Gasteiger partial charge in [-0.2, -0.15) is 5.10 Å². The van der Waals surface area contributed by atoms with Crippen LogP contribution in [0.1, 0.15) is 68.9 Å². The second kappa shape index (κ2) is 9.37. The Bertz CT molecular complexity index is 829. The lowest BCUT2D eigenvalue weighted by Gasteiger charge is -2.33. The minimum absolute atomic E-state index is 0.106. The topological polar surface area (TPSA) is 55.2 Å². The minimum Gasteiger partial charge on any atom is -0.328 e. The highest BCUT2D eigenvalue weighted by Crippen LogP contribution is 2.30. The number of carbonyl (C=O) groups is 2. The summed E-state index contributed by atoms with van der Waals surface area (Å²) in [4.78, 5) is 26.9.